The highest BCUT2D eigenvalue weighted by atomic mass is 15.0. The van der Waals surface area contributed by atoms with Gasteiger partial charge in [0.05, 0.1) is 0 Å². The van der Waals surface area contributed by atoms with Crippen molar-refractivity contribution in [2.45, 2.75) is 26.9 Å². The van der Waals surface area contributed by atoms with Gasteiger partial charge in [-0.15, -0.1) is 0 Å². The lowest BCUT2D eigenvalue weighted by Gasteiger charge is -2.22. The Balaban J connectivity index is 1.07. The molecule has 0 fully saturated rings. The van der Waals surface area contributed by atoms with E-state index in [1.54, 1.807) is 0 Å². The minimum atomic E-state index is 0.907. The molecular formula is C76H52N2. The van der Waals surface area contributed by atoms with Crippen molar-refractivity contribution >= 4 is 108 Å². The van der Waals surface area contributed by atoms with E-state index in [4.69, 9.17) is 0 Å². The van der Waals surface area contributed by atoms with Gasteiger partial charge in [0.15, 0.2) is 0 Å². The summed E-state index contributed by atoms with van der Waals surface area (Å²) in [5.41, 5.74) is 17.4. The highest BCUT2D eigenvalue weighted by molar-refractivity contribution is 6.29. The summed E-state index contributed by atoms with van der Waals surface area (Å²) in [7, 11) is 0. The Labute approximate surface area is 452 Å². The first-order valence-corrected chi connectivity index (χ1v) is 27.6. The molecule has 2 nitrogen and oxygen atoms in total. The molecule has 0 atom stereocenters. The summed E-state index contributed by atoms with van der Waals surface area (Å²) in [6, 6.07) is 96.4. The minimum absolute atomic E-state index is 0.907. The normalized spacial score (nSPS) is 12.1. The zero-order valence-corrected chi connectivity index (χ0v) is 43.6. The first-order chi connectivity index (χ1) is 38.6. The second-order valence-corrected chi connectivity index (χ2v) is 21.1. The average Bonchev–Trinajstić information content (AvgIpc) is 4.15. The molecule has 16 aromatic rings. The molecule has 14 aromatic carbocycles. The van der Waals surface area contributed by atoms with Crippen LogP contribution in [0.15, 0.2) is 255 Å². The molecule has 2 heteroatoms. The van der Waals surface area contributed by atoms with Crippen molar-refractivity contribution in [3.63, 3.8) is 0 Å². The molecule has 0 unspecified atom stereocenters. The first kappa shape index (κ1) is 44.5. The number of nitrogens with zero attached hydrogens (tertiary/aromatic N) is 2. The largest absolute Gasteiger partial charge is 0.341 e. The summed E-state index contributed by atoms with van der Waals surface area (Å²) in [5, 5.41) is 20.0. The highest BCUT2D eigenvalue weighted by Gasteiger charge is 2.24. The van der Waals surface area contributed by atoms with E-state index >= 15 is 0 Å². The molecule has 2 heterocycles. The highest BCUT2D eigenvalue weighted by Crippen LogP contribution is 2.51. The van der Waals surface area contributed by atoms with E-state index < -0.39 is 0 Å². The second kappa shape index (κ2) is 17.4. The zero-order valence-electron chi connectivity index (χ0n) is 43.6. The molecule has 0 saturated carbocycles. The van der Waals surface area contributed by atoms with Gasteiger partial charge in [0, 0.05) is 56.7 Å². The van der Waals surface area contributed by atoms with Crippen LogP contribution in [0.2, 0.25) is 0 Å². The Bertz CT molecular complexity index is 4850. The number of fused-ring (bicyclic) bond motifs is 12. The lowest BCUT2D eigenvalue weighted by molar-refractivity contribution is 0.827. The smallest absolute Gasteiger partial charge is 0.0491 e. The van der Waals surface area contributed by atoms with Crippen LogP contribution in [0.5, 0.6) is 0 Å². The SMILES string of the molecule is CCn1c2ccccc2c2cc(-c3cccc4c(-c5c6cccc(-c7cccc8ccccc78)c6cc6c(-c7cccc8ccccc78)cccc56)c5cccc(-c6ccc7c(c6)c6ccccc6n7CC)c5cc34)ccc21. The molecule has 0 aliphatic rings. The summed E-state index contributed by atoms with van der Waals surface area (Å²) < 4.78 is 4.91. The lowest BCUT2D eigenvalue weighted by Crippen LogP contribution is -1.95. The van der Waals surface area contributed by atoms with Gasteiger partial charge in [-0.3, -0.25) is 0 Å². The zero-order chi connectivity index (χ0) is 51.6. The van der Waals surface area contributed by atoms with Crippen molar-refractivity contribution in [2.75, 3.05) is 0 Å². The predicted molar refractivity (Wildman–Crippen MR) is 336 cm³/mol. The molecule has 78 heavy (non-hydrogen) atoms. The van der Waals surface area contributed by atoms with Crippen LogP contribution in [0.3, 0.4) is 0 Å². The molecule has 16 rings (SSSR count). The maximum absolute atomic E-state index is 2.52. The van der Waals surface area contributed by atoms with E-state index in [1.165, 1.54) is 164 Å². The van der Waals surface area contributed by atoms with Gasteiger partial charge in [0.25, 0.3) is 0 Å². The maximum atomic E-state index is 2.52. The second-order valence-electron chi connectivity index (χ2n) is 21.1. The van der Waals surface area contributed by atoms with Gasteiger partial charge >= 0.3 is 0 Å². The Morgan fingerprint density at radius 1 is 0.218 bits per heavy atom. The average molecular weight is 993 g/mol. The van der Waals surface area contributed by atoms with Gasteiger partial charge in [-0.2, -0.15) is 0 Å². The topological polar surface area (TPSA) is 9.86 Å². The van der Waals surface area contributed by atoms with Crippen LogP contribution in [0.25, 0.3) is 164 Å². The third-order valence-corrected chi connectivity index (χ3v) is 17.3. The lowest BCUT2D eigenvalue weighted by atomic mass is 9.81. The van der Waals surface area contributed by atoms with Gasteiger partial charge in [-0.1, -0.05) is 206 Å². The van der Waals surface area contributed by atoms with E-state index in [-0.39, 0.29) is 0 Å². The van der Waals surface area contributed by atoms with Crippen LogP contribution in [0.1, 0.15) is 13.8 Å². The summed E-state index contributed by atoms with van der Waals surface area (Å²) in [4.78, 5) is 0. The molecule has 366 valence electrons. The van der Waals surface area contributed by atoms with Gasteiger partial charge in [0.1, 0.15) is 0 Å². The molecule has 0 spiro atoms. The van der Waals surface area contributed by atoms with Crippen molar-refractivity contribution in [2.24, 2.45) is 0 Å². The van der Waals surface area contributed by atoms with Gasteiger partial charge < -0.3 is 9.13 Å². The monoisotopic (exact) mass is 992 g/mol. The van der Waals surface area contributed by atoms with Crippen LogP contribution in [-0.2, 0) is 13.1 Å². The van der Waals surface area contributed by atoms with Crippen molar-refractivity contribution in [3.05, 3.63) is 255 Å². The van der Waals surface area contributed by atoms with Crippen LogP contribution >= 0.6 is 0 Å². The number of aryl methyl sites for hydroxylation is 2. The summed E-state index contributed by atoms with van der Waals surface area (Å²) in [6.45, 7) is 6.32. The molecule has 0 aliphatic carbocycles. The third kappa shape index (κ3) is 6.50. The Kier molecular flexibility index (Phi) is 9.93. The quantitative estimate of drug-likeness (QED) is 0.141. The van der Waals surface area contributed by atoms with Crippen molar-refractivity contribution in [1.82, 2.24) is 9.13 Å². The minimum Gasteiger partial charge on any atom is -0.341 e. The number of para-hydroxylation sites is 2. The maximum Gasteiger partial charge on any atom is 0.0491 e. The summed E-state index contributed by atoms with van der Waals surface area (Å²) in [6.07, 6.45) is 0. The Hall–Kier alpha value is -9.76. The fourth-order valence-electron chi connectivity index (χ4n) is 13.9. The van der Waals surface area contributed by atoms with Crippen molar-refractivity contribution < 1.29 is 0 Å². The molecule has 0 bridgehead atoms. The standard InChI is InChI=1S/C76H52N2/c1-3-77-71-37-11-9-25-59(71)69-43-49(39-41-73(69)77)53-27-15-33-61-65(53)45-66-54(50-40-42-74-70(44-50)60-26-10-12-38-72(60)78(74)4-2)28-16-34-62(66)75(61)76-63-35-17-31-57(55-29-13-21-47-19-5-7-23-51(47)55)67(63)46-68-58(32-18-36-64(68)76)56-30-14-22-48-20-6-8-24-52(48)56/h5-46H,3-4H2,1-2H3. The van der Waals surface area contributed by atoms with Crippen LogP contribution in [-0.4, -0.2) is 9.13 Å². The van der Waals surface area contributed by atoms with Gasteiger partial charge in [0.2, 0.25) is 0 Å². The summed E-state index contributed by atoms with van der Waals surface area (Å²) in [5.74, 6) is 0. The van der Waals surface area contributed by atoms with Crippen molar-refractivity contribution in [3.8, 4) is 55.6 Å². The number of hydrogen-bond acceptors (Lipinski definition) is 0. The van der Waals surface area contributed by atoms with Crippen LogP contribution in [0, 0.1) is 0 Å². The van der Waals surface area contributed by atoms with Crippen molar-refractivity contribution in [1.29, 1.82) is 0 Å². The number of rotatable bonds is 7. The third-order valence-electron chi connectivity index (χ3n) is 17.3. The Morgan fingerprint density at radius 2 is 0.513 bits per heavy atom. The molecule has 2 aromatic heterocycles. The summed E-state index contributed by atoms with van der Waals surface area (Å²) >= 11 is 0. The molecule has 0 amide bonds. The van der Waals surface area contributed by atoms with Gasteiger partial charge in [-0.25, -0.2) is 0 Å². The van der Waals surface area contributed by atoms with E-state index in [0.29, 0.717) is 0 Å². The van der Waals surface area contributed by atoms with E-state index in [9.17, 15) is 0 Å². The molecular weight excluding hydrogens is 941 g/mol. The predicted octanol–water partition coefficient (Wildman–Crippen LogP) is 21.2. The van der Waals surface area contributed by atoms with Crippen LogP contribution < -0.4 is 0 Å². The van der Waals surface area contributed by atoms with Crippen LogP contribution in [0.4, 0.5) is 0 Å². The van der Waals surface area contributed by atoms with Gasteiger partial charge in [-0.05, 0) is 183 Å². The van der Waals surface area contributed by atoms with E-state index in [1.807, 2.05) is 0 Å². The van der Waals surface area contributed by atoms with E-state index in [0.717, 1.165) is 13.1 Å². The van der Waals surface area contributed by atoms with E-state index in [2.05, 4.69) is 278 Å². The molecule has 0 aliphatic heterocycles. The number of hydrogen-bond donors (Lipinski definition) is 0. The molecule has 0 radical (unpaired) electrons. The molecule has 0 N–H and O–H groups in total. The Morgan fingerprint density at radius 3 is 0.923 bits per heavy atom. The first-order valence-electron chi connectivity index (χ1n) is 27.6. The fourth-order valence-corrected chi connectivity index (χ4v) is 13.9. The fraction of sp³-hybridized carbons (Fsp3) is 0.0526. The molecule has 0 saturated heterocycles. The number of benzene rings is 14. The number of aromatic nitrogens is 2.